The maximum Gasteiger partial charge on any atom is 0.358 e. The molecule has 0 bridgehead atoms. The van der Waals surface area contributed by atoms with Crippen LogP contribution in [0, 0.1) is 0 Å². The fourth-order valence-corrected chi connectivity index (χ4v) is 1.98. The number of rotatable bonds is 5. The molecule has 0 aliphatic carbocycles. The Morgan fingerprint density at radius 2 is 2.21 bits per heavy atom. The van der Waals surface area contributed by atoms with E-state index < -0.39 is 5.97 Å². The zero-order valence-corrected chi connectivity index (χ0v) is 11.4. The van der Waals surface area contributed by atoms with Crippen LogP contribution in [0.1, 0.15) is 28.7 Å². The highest BCUT2D eigenvalue weighted by molar-refractivity contribution is 6.30. The van der Waals surface area contributed by atoms with Gasteiger partial charge in [-0.3, -0.25) is 5.10 Å². The molecule has 0 radical (unpaired) electrons. The fraction of sp³-hybridized carbons (Fsp3) is 0.286. The molecular weight excluding hydrogens is 264 g/mol. The van der Waals surface area contributed by atoms with Gasteiger partial charge >= 0.3 is 5.97 Å². The lowest BCUT2D eigenvalue weighted by atomic mass is 10.1. The van der Waals surface area contributed by atoms with E-state index in [4.69, 9.17) is 16.3 Å². The standard InChI is InChI=1S/C14H15ClN2O2/c1-2-19-14(18)13-9-12(16-17-13)7-6-10-4-3-5-11(15)8-10/h3-5,8-9H,2,6-7H2,1H3,(H,16,17). The number of aromatic amines is 1. The van der Waals surface area contributed by atoms with E-state index in [0.29, 0.717) is 12.3 Å². The number of benzene rings is 1. The van der Waals surface area contributed by atoms with E-state index >= 15 is 0 Å². The van der Waals surface area contributed by atoms with Crippen molar-refractivity contribution in [3.05, 3.63) is 52.3 Å². The molecule has 0 saturated heterocycles. The Hall–Kier alpha value is -1.81. The van der Waals surface area contributed by atoms with Gasteiger partial charge in [0.25, 0.3) is 0 Å². The van der Waals surface area contributed by atoms with E-state index in [1.54, 1.807) is 13.0 Å². The molecule has 0 fully saturated rings. The lowest BCUT2D eigenvalue weighted by Crippen LogP contribution is -2.04. The molecule has 5 heteroatoms. The minimum absolute atomic E-state index is 0.322. The lowest BCUT2D eigenvalue weighted by Gasteiger charge is -2.00. The second kappa shape index (κ2) is 6.38. The van der Waals surface area contributed by atoms with Crippen LogP contribution in [0.3, 0.4) is 0 Å². The highest BCUT2D eigenvalue weighted by Crippen LogP contribution is 2.13. The Kier molecular flexibility index (Phi) is 4.58. The van der Waals surface area contributed by atoms with Gasteiger partial charge in [-0.2, -0.15) is 5.10 Å². The first-order valence-electron chi connectivity index (χ1n) is 6.15. The highest BCUT2D eigenvalue weighted by atomic mass is 35.5. The van der Waals surface area contributed by atoms with Gasteiger partial charge in [0.15, 0.2) is 5.69 Å². The van der Waals surface area contributed by atoms with Crippen molar-refractivity contribution < 1.29 is 9.53 Å². The van der Waals surface area contributed by atoms with Crippen LogP contribution >= 0.6 is 11.6 Å². The van der Waals surface area contributed by atoms with Crippen molar-refractivity contribution >= 4 is 17.6 Å². The van der Waals surface area contributed by atoms with Crippen molar-refractivity contribution in [2.24, 2.45) is 0 Å². The smallest absolute Gasteiger partial charge is 0.358 e. The van der Waals surface area contributed by atoms with Crippen LogP contribution < -0.4 is 0 Å². The van der Waals surface area contributed by atoms with Crippen LogP contribution in [0.5, 0.6) is 0 Å². The van der Waals surface area contributed by atoms with E-state index in [9.17, 15) is 4.79 Å². The predicted molar refractivity (Wildman–Crippen MR) is 73.4 cm³/mol. The molecule has 0 unspecified atom stereocenters. The average molecular weight is 279 g/mol. The largest absolute Gasteiger partial charge is 0.461 e. The summed E-state index contributed by atoms with van der Waals surface area (Å²) in [4.78, 5) is 11.5. The molecular formula is C14H15ClN2O2. The summed E-state index contributed by atoms with van der Waals surface area (Å²) in [6.45, 7) is 2.12. The third-order valence-electron chi connectivity index (χ3n) is 2.69. The first kappa shape index (κ1) is 13.6. The summed E-state index contributed by atoms with van der Waals surface area (Å²) < 4.78 is 4.88. The number of nitrogens with zero attached hydrogens (tertiary/aromatic N) is 1. The minimum atomic E-state index is -0.396. The van der Waals surface area contributed by atoms with Crippen molar-refractivity contribution in [1.82, 2.24) is 10.2 Å². The zero-order valence-electron chi connectivity index (χ0n) is 10.6. The lowest BCUT2D eigenvalue weighted by molar-refractivity contribution is 0.0519. The number of ether oxygens (including phenoxy) is 1. The molecule has 1 aromatic carbocycles. The van der Waals surface area contributed by atoms with Gasteiger partial charge in [-0.1, -0.05) is 23.7 Å². The van der Waals surface area contributed by atoms with Gasteiger partial charge in [-0.05, 0) is 43.5 Å². The van der Waals surface area contributed by atoms with E-state index in [2.05, 4.69) is 10.2 Å². The number of aryl methyl sites for hydroxylation is 2. The number of H-pyrrole nitrogens is 1. The Morgan fingerprint density at radius 3 is 2.95 bits per heavy atom. The minimum Gasteiger partial charge on any atom is -0.461 e. The van der Waals surface area contributed by atoms with E-state index in [1.165, 1.54) is 0 Å². The summed E-state index contributed by atoms with van der Waals surface area (Å²) in [6.07, 6.45) is 1.61. The van der Waals surface area contributed by atoms with Crippen molar-refractivity contribution in [2.75, 3.05) is 6.61 Å². The molecule has 0 atom stereocenters. The van der Waals surface area contributed by atoms with Crippen molar-refractivity contribution in [3.63, 3.8) is 0 Å². The second-order valence-electron chi connectivity index (χ2n) is 4.13. The summed E-state index contributed by atoms with van der Waals surface area (Å²) in [5, 5.41) is 7.52. The Labute approximate surface area is 116 Å². The number of esters is 1. The third-order valence-corrected chi connectivity index (χ3v) is 2.92. The van der Waals surface area contributed by atoms with Gasteiger partial charge in [-0.15, -0.1) is 0 Å². The highest BCUT2D eigenvalue weighted by Gasteiger charge is 2.10. The molecule has 0 amide bonds. The third kappa shape index (κ3) is 3.83. The zero-order chi connectivity index (χ0) is 13.7. The number of nitrogens with one attached hydrogen (secondary N) is 1. The molecule has 0 aliphatic rings. The SMILES string of the molecule is CCOC(=O)c1cc(CCc2cccc(Cl)c2)[nH]n1. The molecule has 19 heavy (non-hydrogen) atoms. The Bertz CT molecular complexity index is 566. The number of carbonyl (C=O) groups excluding carboxylic acids is 1. The van der Waals surface area contributed by atoms with Gasteiger partial charge in [0.1, 0.15) is 0 Å². The molecule has 1 aromatic heterocycles. The molecule has 1 N–H and O–H groups in total. The van der Waals surface area contributed by atoms with Crippen LogP contribution in [0.25, 0.3) is 0 Å². The Balaban J connectivity index is 1.95. The van der Waals surface area contributed by atoms with E-state index in [-0.39, 0.29) is 0 Å². The van der Waals surface area contributed by atoms with Crippen LogP contribution in [-0.2, 0) is 17.6 Å². The number of halogens is 1. The summed E-state index contributed by atoms with van der Waals surface area (Å²) >= 11 is 5.93. The van der Waals surface area contributed by atoms with Crippen molar-refractivity contribution in [1.29, 1.82) is 0 Å². The van der Waals surface area contributed by atoms with Crippen molar-refractivity contribution in [2.45, 2.75) is 19.8 Å². The maximum atomic E-state index is 11.5. The maximum absolute atomic E-state index is 11.5. The number of carbonyl (C=O) groups is 1. The normalized spacial score (nSPS) is 10.4. The molecule has 0 aliphatic heterocycles. The second-order valence-corrected chi connectivity index (χ2v) is 4.57. The number of aromatic nitrogens is 2. The van der Waals surface area contributed by atoms with Gasteiger partial charge in [0.05, 0.1) is 6.61 Å². The summed E-state index contributed by atoms with van der Waals surface area (Å²) in [5.41, 5.74) is 2.38. The van der Waals surface area contributed by atoms with Crippen LogP contribution in [0.15, 0.2) is 30.3 Å². The van der Waals surface area contributed by atoms with E-state index in [0.717, 1.165) is 29.1 Å². The molecule has 100 valence electrons. The topological polar surface area (TPSA) is 55.0 Å². The van der Waals surface area contributed by atoms with Crippen molar-refractivity contribution in [3.8, 4) is 0 Å². The van der Waals surface area contributed by atoms with Gasteiger partial charge in [0, 0.05) is 10.7 Å². The summed E-state index contributed by atoms with van der Waals surface area (Å²) in [7, 11) is 0. The van der Waals surface area contributed by atoms with Gasteiger partial charge < -0.3 is 4.74 Å². The summed E-state index contributed by atoms with van der Waals surface area (Å²) in [5.74, 6) is -0.396. The number of hydrogen-bond donors (Lipinski definition) is 1. The molecule has 1 heterocycles. The van der Waals surface area contributed by atoms with Crippen LogP contribution in [-0.4, -0.2) is 22.8 Å². The molecule has 2 rings (SSSR count). The van der Waals surface area contributed by atoms with E-state index in [1.807, 2.05) is 24.3 Å². The summed E-state index contributed by atoms with van der Waals surface area (Å²) in [6, 6.07) is 9.45. The van der Waals surface area contributed by atoms with Crippen LogP contribution in [0.2, 0.25) is 5.02 Å². The molecule has 2 aromatic rings. The number of hydrogen-bond acceptors (Lipinski definition) is 3. The molecule has 0 spiro atoms. The van der Waals surface area contributed by atoms with Gasteiger partial charge in [0.2, 0.25) is 0 Å². The fourth-order valence-electron chi connectivity index (χ4n) is 1.77. The Morgan fingerprint density at radius 1 is 1.37 bits per heavy atom. The van der Waals surface area contributed by atoms with Crippen LogP contribution in [0.4, 0.5) is 0 Å². The monoisotopic (exact) mass is 278 g/mol. The predicted octanol–water partition coefficient (Wildman–Crippen LogP) is 3.03. The quantitative estimate of drug-likeness (QED) is 0.856. The average Bonchev–Trinajstić information content (AvgIpc) is 2.86. The first-order valence-corrected chi connectivity index (χ1v) is 6.52. The first-order chi connectivity index (χ1) is 9.19. The molecule has 4 nitrogen and oxygen atoms in total. The van der Waals surface area contributed by atoms with Gasteiger partial charge in [-0.25, -0.2) is 4.79 Å². The molecule has 0 saturated carbocycles.